The first-order valence-electron chi connectivity index (χ1n) is 7.59. The average Bonchev–Trinajstić information content (AvgIpc) is 2.86. The number of hydrogen-bond donors (Lipinski definition) is 4. The molecular formula is C16H22N4O3. The number of rotatable bonds is 6. The van der Waals surface area contributed by atoms with Crippen molar-refractivity contribution < 1.29 is 14.7 Å². The smallest absolute Gasteiger partial charge is 0.315 e. The van der Waals surface area contributed by atoms with E-state index in [9.17, 15) is 9.59 Å². The molecule has 23 heavy (non-hydrogen) atoms. The zero-order valence-electron chi connectivity index (χ0n) is 13.5. The fraction of sp³-hybridized carbons (Fsp3) is 0.438. The maximum absolute atomic E-state index is 11.9. The minimum Gasteiger partial charge on any atom is -0.481 e. The molecule has 0 spiro atoms. The average molecular weight is 318 g/mol. The third-order valence-corrected chi connectivity index (χ3v) is 3.53. The van der Waals surface area contributed by atoms with Gasteiger partial charge in [0.15, 0.2) is 0 Å². The van der Waals surface area contributed by atoms with Gasteiger partial charge in [0, 0.05) is 6.54 Å². The molecule has 2 aromatic rings. The molecular weight excluding hydrogens is 296 g/mol. The van der Waals surface area contributed by atoms with Crippen molar-refractivity contribution in [3.8, 4) is 0 Å². The fourth-order valence-electron chi connectivity index (χ4n) is 2.32. The summed E-state index contributed by atoms with van der Waals surface area (Å²) in [5.41, 5.74) is 2.91. The third kappa shape index (κ3) is 4.45. The predicted molar refractivity (Wildman–Crippen MR) is 87.2 cm³/mol. The summed E-state index contributed by atoms with van der Waals surface area (Å²) in [4.78, 5) is 30.2. The van der Waals surface area contributed by atoms with Crippen molar-refractivity contribution in [2.75, 3.05) is 6.54 Å². The second-order valence-electron chi connectivity index (χ2n) is 5.91. The number of carboxylic acids is 1. The number of benzene rings is 1. The number of nitrogens with one attached hydrogen (secondary N) is 3. The van der Waals surface area contributed by atoms with Crippen molar-refractivity contribution in [2.24, 2.45) is 5.92 Å². The zero-order valence-corrected chi connectivity index (χ0v) is 13.5. The number of hydrogen-bond acceptors (Lipinski definition) is 3. The summed E-state index contributed by atoms with van der Waals surface area (Å²) >= 11 is 0. The maximum atomic E-state index is 11.9. The van der Waals surface area contributed by atoms with Crippen molar-refractivity contribution in [1.82, 2.24) is 20.6 Å². The molecule has 0 saturated carbocycles. The minimum absolute atomic E-state index is 0.0886. The zero-order chi connectivity index (χ0) is 17.0. The van der Waals surface area contributed by atoms with Crippen LogP contribution in [-0.4, -0.2) is 33.6 Å². The lowest BCUT2D eigenvalue weighted by Gasteiger charge is -2.20. The number of aromatic amines is 1. The van der Waals surface area contributed by atoms with E-state index in [1.807, 2.05) is 39.0 Å². The molecule has 0 fully saturated rings. The van der Waals surface area contributed by atoms with Crippen LogP contribution in [0, 0.1) is 12.8 Å². The maximum Gasteiger partial charge on any atom is 0.315 e. The Labute approximate surface area is 134 Å². The van der Waals surface area contributed by atoms with Gasteiger partial charge in [0.05, 0.1) is 23.5 Å². The molecule has 0 aliphatic carbocycles. The summed E-state index contributed by atoms with van der Waals surface area (Å²) < 4.78 is 0. The lowest BCUT2D eigenvalue weighted by atomic mass is 10.0. The highest BCUT2D eigenvalue weighted by Crippen LogP contribution is 2.22. The number of carboxylic acid groups (broad SMARTS) is 1. The van der Waals surface area contributed by atoms with E-state index < -0.39 is 12.0 Å². The van der Waals surface area contributed by atoms with Crippen molar-refractivity contribution in [3.63, 3.8) is 0 Å². The van der Waals surface area contributed by atoms with E-state index >= 15 is 0 Å². The quantitative estimate of drug-likeness (QED) is 0.655. The summed E-state index contributed by atoms with van der Waals surface area (Å²) in [7, 11) is 0. The molecule has 0 aliphatic rings. The summed E-state index contributed by atoms with van der Waals surface area (Å²) in [6.07, 6.45) is -0.107. The monoisotopic (exact) mass is 318 g/mol. The Morgan fingerprint density at radius 2 is 2.09 bits per heavy atom. The van der Waals surface area contributed by atoms with Crippen LogP contribution in [-0.2, 0) is 4.79 Å². The lowest BCUT2D eigenvalue weighted by molar-refractivity contribution is -0.136. The molecule has 1 unspecified atom stereocenters. The Hall–Kier alpha value is -2.57. The Balaban J connectivity index is 2.10. The second-order valence-corrected chi connectivity index (χ2v) is 5.91. The third-order valence-electron chi connectivity index (χ3n) is 3.53. The number of aryl methyl sites for hydroxylation is 1. The van der Waals surface area contributed by atoms with E-state index in [0.717, 1.165) is 16.6 Å². The number of imidazole rings is 1. The highest BCUT2D eigenvalue weighted by molar-refractivity contribution is 5.77. The van der Waals surface area contributed by atoms with Crippen LogP contribution in [0.4, 0.5) is 4.79 Å². The fourth-order valence-corrected chi connectivity index (χ4v) is 2.32. The number of H-pyrrole nitrogens is 1. The standard InChI is InChI=1S/C16H22N4O3/c1-9(2)14(20-16(23)17-7-6-13(21)22)15-18-11-5-4-10(3)8-12(11)19-15/h4-5,8-9,14H,6-7H2,1-3H3,(H,18,19)(H,21,22)(H2,17,20,23). The number of nitrogens with zero attached hydrogens (tertiary/aromatic N) is 1. The van der Waals surface area contributed by atoms with Gasteiger partial charge < -0.3 is 20.7 Å². The molecule has 0 bridgehead atoms. The number of carbonyl (C=O) groups is 2. The predicted octanol–water partition coefficient (Wildman–Crippen LogP) is 2.34. The van der Waals surface area contributed by atoms with Gasteiger partial charge in [-0.05, 0) is 30.5 Å². The minimum atomic E-state index is -0.946. The first-order valence-corrected chi connectivity index (χ1v) is 7.59. The van der Waals surface area contributed by atoms with Crippen LogP contribution in [0.25, 0.3) is 11.0 Å². The molecule has 1 atom stereocenters. The number of fused-ring (bicyclic) bond motifs is 1. The highest BCUT2D eigenvalue weighted by Gasteiger charge is 2.21. The lowest BCUT2D eigenvalue weighted by Crippen LogP contribution is -2.40. The number of aromatic nitrogens is 2. The topological polar surface area (TPSA) is 107 Å². The van der Waals surface area contributed by atoms with Gasteiger partial charge in [-0.2, -0.15) is 0 Å². The van der Waals surface area contributed by atoms with Crippen LogP contribution in [0.2, 0.25) is 0 Å². The number of urea groups is 1. The SMILES string of the molecule is Cc1ccc2nc(C(NC(=O)NCCC(=O)O)C(C)C)[nH]c2c1. The molecule has 124 valence electrons. The molecule has 7 nitrogen and oxygen atoms in total. The van der Waals surface area contributed by atoms with E-state index in [2.05, 4.69) is 20.6 Å². The van der Waals surface area contributed by atoms with E-state index in [1.165, 1.54) is 0 Å². The Morgan fingerprint density at radius 3 is 2.74 bits per heavy atom. The van der Waals surface area contributed by atoms with E-state index in [4.69, 9.17) is 5.11 Å². The molecule has 0 aliphatic heterocycles. The molecule has 7 heteroatoms. The summed E-state index contributed by atoms with van der Waals surface area (Å²) in [6.45, 7) is 6.07. The van der Waals surface area contributed by atoms with Crippen molar-refractivity contribution in [2.45, 2.75) is 33.2 Å². The van der Waals surface area contributed by atoms with Gasteiger partial charge in [-0.1, -0.05) is 19.9 Å². The van der Waals surface area contributed by atoms with Gasteiger partial charge in [-0.25, -0.2) is 9.78 Å². The van der Waals surface area contributed by atoms with Gasteiger partial charge in [0.25, 0.3) is 0 Å². The molecule has 1 aromatic carbocycles. The Morgan fingerprint density at radius 1 is 1.35 bits per heavy atom. The molecule has 2 rings (SSSR count). The van der Waals surface area contributed by atoms with Crippen LogP contribution in [0.1, 0.15) is 37.7 Å². The van der Waals surface area contributed by atoms with Crippen LogP contribution in [0.15, 0.2) is 18.2 Å². The normalized spacial score (nSPS) is 12.3. The largest absolute Gasteiger partial charge is 0.481 e. The van der Waals surface area contributed by atoms with Gasteiger partial charge >= 0.3 is 12.0 Å². The van der Waals surface area contributed by atoms with Gasteiger partial charge in [-0.15, -0.1) is 0 Å². The number of aliphatic carboxylic acids is 1. The Bertz CT molecular complexity index is 708. The van der Waals surface area contributed by atoms with Crippen LogP contribution < -0.4 is 10.6 Å². The van der Waals surface area contributed by atoms with Gasteiger partial charge in [0.2, 0.25) is 0 Å². The molecule has 4 N–H and O–H groups in total. The number of amides is 2. The van der Waals surface area contributed by atoms with E-state index in [1.54, 1.807) is 0 Å². The summed E-state index contributed by atoms with van der Waals surface area (Å²) in [5.74, 6) is -0.130. The van der Waals surface area contributed by atoms with Crippen LogP contribution in [0.3, 0.4) is 0 Å². The van der Waals surface area contributed by atoms with E-state index in [0.29, 0.717) is 5.82 Å². The van der Waals surface area contributed by atoms with Gasteiger partial charge in [-0.3, -0.25) is 4.79 Å². The van der Waals surface area contributed by atoms with Crippen molar-refractivity contribution >= 4 is 23.0 Å². The first kappa shape index (κ1) is 16.8. The van der Waals surface area contributed by atoms with Crippen molar-refractivity contribution in [1.29, 1.82) is 0 Å². The Kier molecular flexibility index (Phi) is 5.20. The van der Waals surface area contributed by atoms with Crippen LogP contribution >= 0.6 is 0 Å². The van der Waals surface area contributed by atoms with Crippen LogP contribution in [0.5, 0.6) is 0 Å². The molecule has 0 radical (unpaired) electrons. The molecule has 1 aromatic heterocycles. The first-order chi connectivity index (χ1) is 10.9. The number of carbonyl (C=O) groups excluding carboxylic acids is 1. The summed E-state index contributed by atoms with van der Waals surface area (Å²) in [5, 5.41) is 14.0. The molecule has 0 saturated heterocycles. The molecule has 1 heterocycles. The highest BCUT2D eigenvalue weighted by atomic mass is 16.4. The van der Waals surface area contributed by atoms with Gasteiger partial charge in [0.1, 0.15) is 5.82 Å². The second kappa shape index (κ2) is 7.13. The van der Waals surface area contributed by atoms with E-state index in [-0.39, 0.29) is 24.9 Å². The molecule has 2 amide bonds. The summed E-state index contributed by atoms with van der Waals surface area (Å²) in [6, 6.07) is 5.25. The van der Waals surface area contributed by atoms with Crippen molar-refractivity contribution in [3.05, 3.63) is 29.6 Å².